The van der Waals surface area contributed by atoms with Crippen LogP contribution in [0.1, 0.15) is 38.7 Å². The van der Waals surface area contributed by atoms with Gasteiger partial charge in [0, 0.05) is 10.7 Å². The second-order valence-electron chi connectivity index (χ2n) is 6.93. The molecule has 0 aromatic heterocycles. The lowest BCUT2D eigenvalue weighted by atomic mass is 9.95. The Morgan fingerprint density at radius 3 is 2.68 bits per heavy atom. The van der Waals surface area contributed by atoms with Gasteiger partial charge >= 0.3 is 12.0 Å². The van der Waals surface area contributed by atoms with Crippen molar-refractivity contribution in [3.63, 3.8) is 0 Å². The summed E-state index contributed by atoms with van der Waals surface area (Å²) in [7, 11) is 0. The van der Waals surface area contributed by atoms with Crippen LogP contribution in [0.15, 0.2) is 18.2 Å². The van der Waals surface area contributed by atoms with Crippen LogP contribution < -0.4 is 10.6 Å². The van der Waals surface area contributed by atoms with E-state index in [1.807, 2.05) is 13.8 Å². The van der Waals surface area contributed by atoms with E-state index < -0.39 is 42.5 Å². The van der Waals surface area contributed by atoms with Gasteiger partial charge in [0.1, 0.15) is 12.1 Å². The summed E-state index contributed by atoms with van der Waals surface area (Å²) in [5, 5.41) is 5.67. The summed E-state index contributed by atoms with van der Waals surface area (Å²) in [6, 6.07) is 4.36. The minimum atomic E-state index is -1.02. The van der Waals surface area contributed by atoms with Crippen molar-refractivity contribution < 1.29 is 23.9 Å². The minimum Gasteiger partial charge on any atom is -0.454 e. The fourth-order valence-corrected chi connectivity index (χ4v) is 2.96. The second-order valence-corrected chi connectivity index (χ2v) is 7.34. The SMILES string of the molecule is CCCC[C@]1(C)NC(=O)N(CC(=O)OCC(=O)Nc2ccc(C)c(Cl)c2)C1=O. The number of benzene rings is 1. The number of rotatable bonds is 8. The smallest absolute Gasteiger partial charge is 0.326 e. The number of ether oxygens (including phenoxy) is 1. The number of urea groups is 1. The molecule has 2 N–H and O–H groups in total. The molecule has 1 fully saturated rings. The first kappa shape index (κ1) is 21.7. The predicted molar refractivity (Wildman–Crippen MR) is 104 cm³/mol. The topological polar surface area (TPSA) is 105 Å². The number of halogens is 1. The van der Waals surface area contributed by atoms with Gasteiger partial charge in [-0.2, -0.15) is 0 Å². The van der Waals surface area contributed by atoms with E-state index in [-0.39, 0.29) is 0 Å². The van der Waals surface area contributed by atoms with Crippen molar-refractivity contribution in [1.82, 2.24) is 10.2 Å². The highest BCUT2D eigenvalue weighted by atomic mass is 35.5. The van der Waals surface area contributed by atoms with Gasteiger partial charge in [0.2, 0.25) is 0 Å². The Balaban J connectivity index is 1.84. The van der Waals surface area contributed by atoms with Crippen molar-refractivity contribution in [2.24, 2.45) is 0 Å². The van der Waals surface area contributed by atoms with Crippen LogP contribution in [0, 0.1) is 6.92 Å². The number of hydrogen-bond donors (Lipinski definition) is 2. The molecule has 9 heteroatoms. The van der Waals surface area contributed by atoms with Crippen LogP contribution in [0.4, 0.5) is 10.5 Å². The number of carbonyl (C=O) groups is 4. The van der Waals surface area contributed by atoms with Crippen molar-refractivity contribution in [2.45, 2.75) is 45.6 Å². The zero-order valence-corrected chi connectivity index (χ0v) is 16.9. The average molecular weight is 410 g/mol. The number of nitrogens with zero attached hydrogens (tertiary/aromatic N) is 1. The molecular weight excluding hydrogens is 386 g/mol. The Hall–Kier alpha value is -2.61. The number of aryl methyl sites for hydroxylation is 1. The van der Waals surface area contributed by atoms with Crippen LogP contribution >= 0.6 is 11.6 Å². The highest BCUT2D eigenvalue weighted by Gasteiger charge is 2.47. The summed E-state index contributed by atoms with van der Waals surface area (Å²) in [4.78, 5) is 49.2. The first-order chi connectivity index (χ1) is 13.2. The lowest BCUT2D eigenvalue weighted by Crippen LogP contribution is -2.44. The number of imide groups is 1. The monoisotopic (exact) mass is 409 g/mol. The normalized spacial score (nSPS) is 18.8. The number of amides is 4. The molecule has 1 saturated heterocycles. The van der Waals surface area contributed by atoms with Crippen LogP contribution in [0.5, 0.6) is 0 Å². The maximum Gasteiger partial charge on any atom is 0.326 e. The number of esters is 1. The van der Waals surface area contributed by atoms with E-state index in [0.717, 1.165) is 23.3 Å². The number of carbonyl (C=O) groups excluding carboxylic acids is 4. The second kappa shape index (κ2) is 9.05. The first-order valence-corrected chi connectivity index (χ1v) is 9.40. The summed E-state index contributed by atoms with van der Waals surface area (Å²) in [6.45, 7) is 4.36. The Morgan fingerprint density at radius 2 is 2.04 bits per heavy atom. The molecule has 28 heavy (non-hydrogen) atoms. The molecule has 0 unspecified atom stereocenters. The lowest BCUT2D eigenvalue weighted by Gasteiger charge is -2.21. The maximum absolute atomic E-state index is 12.5. The molecule has 4 amide bonds. The van der Waals surface area contributed by atoms with Crippen molar-refractivity contribution >= 4 is 41.1 Å². The summed E-state index contributed by atoms with van der Waals surface area (Å²) in [5.41, 5.74) is 0.318. The van der Waals surface area contributed by atoms with Crippen LogP contribution in [0.3, 0.4) is 0 Å². The molecule has 1 heterocycles. The molecular formula is C19H24ClN3O5. The molecule has 1 aromatic rings. The largest absolute Gasteiger partial charge is 0.454 e. The summed E-state index contributed by atoms with van der Waals surface area (Å²) >= 11 is 5.99. The van der Waals surface area contributed by atoms with E-state index in [9.17, 15) is 19.2 Å². The van der Waals surface area contributed by atoms with E-state index in [2.05, 4.69) is 10.6 Å². The van der Waals surface area contributed by atoms with Gasteiger partial charge in [-0.3, -0.25) is 19.3 Å². The number of hydrogen-bond acceptors (Lipinski definition) is 5. The maximum atomic E-state index is 12.5. The standard InChI is InChI=1S/C19H24ClN3O5/c1-4-5-8-19(3)17(26)23(18(27)22-19)10-16(25)28-11-15(24)21-13-7-6-12(2)14(20)9-13/h6-7,9H,4-5,8,10-11H2,1-3H3,(H,21,24)(H,22,27)/t19-/m0/s1. The van der Waals surface area contributed by atoms with Gasteiger partial charge in [0.15, 0.2) is 6.61 Å². The molecule has 152 valence electrons. The Bertz CT molecular complexity index is 798. The van der Waals surface area contributed by atoms with Gasteiger partial charge in [-0.05, 0) is 38.0 Å². The van der Waals surface area contributed by atoms with Gasteiger partial charge < -0.3 is 15.4 Å². The molecule has 0 spiro atoms. The van der Waals surface area contributed by atoms with Crippen LogP contribution in [-0.2, 0) is 19.1 Å². The molecule has 0 aliphatic carbocycles. The highest BCUT2D eigenvalue weighted by Crippen LogP contribution is 2.23. The molecule has 1 atom stereocenters. The predicted octanol–water partition coefficient (Wildman–Crippen LogP) is 2.63. The third-order valence-electron chi connectivity index (χ3n) is 4.48. The zero-order valence-electron chi connectivity index (χ0n) is 16.1. The van der Waals surface area contributed by atoms with E-state index in [1.54, 1.807) is 25.1 Å². The van der Waals surface area contributed by atoms with Crippen molar-refractivity contribution in [3.05, 3.63) is 28.8 Å². The molecule has 8 nitrogen and oxygen atoms in total. The van der Waals surface area contributed by atoms with E-state index >= 15 is 0 Å². The molecule has 1 aliphatic rings. The fraction of sp³-hybridized carbons (Fsp3) is 0.474. The molecule has 1 aliphatic heterocycles. The highest BCUT2D eigenvalue weighted by molar-refractivity contribution is 6.31. The Kier molecular flexibility index (Phi) is 7.01. The first-order valence-electron chi connectivity index (χ1n) is 9.02. The molecule has 0 bridgehead atoms. The Morgan fingerprint density at radius 1 is 1.32 bits per heavy atom. The third kappa shape index (κ3) is 5.22. The number of nitrogens with one attached hydrogen (secondary N) is 2. The van der Waals surface area contributed by atoms with E-state index in [4.69, 9.17) is 16.3 Å². The lowest BCUT2D eigenvalue weighted by molar-refractivity contribution is -0.150. The van der Waals surface area contributed by atoms with Gasteiger partial charge in [-0.1, -0.05) is 37.4 Å². The minimum absolute atomic E-state index is 0.470. The summed E-state index contributed by atoms with van der Waals surface area (Å²) < 4.78 is 4.88. The van der Waals surface area contributed by atoms with Gasteiger partial charge in [-0.15, -0.1) is 0 Å². The molecule has 0 saturated carbocycles. The fourth-order valence-electron chi connectivity index (χ4n) is 2.78. The van der Waals surface area contributed by atoms with Crippen molar-refractivity contribution in [3.8, 4) is 0 Å². The van der Waals surface area contributed by atoms with E-state index in [1.165, 1.54) is 0 Å². The summed E-state index contributed by atoms with van der Waals surface area (Å²) in [5.74, 6) is -1.87. The third-order valence-corrected chi connectivity index (χ3v) is 4.89. The van der Waals surface area contributed by atoms with Crippen LogP contribution in [0.25, 0.3) is 0 Å². The number of unbranched alkanes of at least 4 members (excludes halogenated alkanes) is 1. The van der Waals surface area contributed by atoms with Crippen LogP contribution in [-0.4, -0.2) is 47.4 Å². The average Bonchev–Trinajstić information content (AvgIpc) is 2.85. The van der Waals surface area contributed by atoms with Gasteiger partial charge in [0.25, 0.3) is 11.8 Å². The molecule has 1 aromatic carbocycles. The van der Waals surface area contributed by atoms with Crippen LogP contribution in [0.2, 0.25) is 5.02 Å². The van der Waals surface area contributed by atoms with Gasteiger partial charge in [-0.25, -0.2) is 4.79 Å². The van der Waals surface area contributed by atoms with E-state index in [0.29, 0.717) is 17.1 Å². The number of anilines is 1. The Labute approximate surface area is 168 Å². The molecule has 2 rings (SSSR count). The van der Waals surface area contributed by atoms with Gasteiger partial charge in [0.05, 0.1) is 0 Å². The molecule has 0 radical (unpaired) electrons. The quantitative estimate of drug-likeness (QED) is 0.507. The zero-order chi connectivity index (χ0) is 20.9. The van der Waals surface area contributed by atoms with Crippen molar-refractivity contribution in [2.75, 3.05) is 18.5 Å². The summed E-state index contributed by atoms with van der Waals surface area (Å²) in [6.07, 6.45) is 2.13. The van der Waals surface area contributed by atoms with Crippen molar-refractivity contribution in [1.29, 1.82) is 0 Å².